The summed E-state index contributed by atoms with van der Waals surface area (Å²) in [5.41, 5.74) is -1.07. The molecular weight excluding hydrogens is 249 g/mol. The zero-order chi connectivity index (χ0) is 13.8. The lowest BCUT2D eigenvalue weighted by atomic mass is 10.2. The molecule has 1 rings (SSSR count). The Labute approximate surface area is 103 Å². The van der Waals surface area contributed by atoms with Crippen molar-refractivity contribution < 1.29 is 27.8 Å². The molecule has 1 N–H and O–H groups in total. The van der Waals surface area contributed by atoms with E-state index in [0.717, 1.165) is 0 Å². The van der Waals surface area contributed by atoms with Crippen molar-refractivity contribution >= 4 is 0 Å². The topological polar surface area (TPSA) is 38.7 Å². The van der Waals surface area contributed by atoms with E-state index in [9.17, 15) is 18.3 Å². The van der Waals surface area contributed by atoms with Gasteiger partial charge in [0, 0.05) is 0 Å². The lowest BCUT2D eigenvalue weighted by Gasteiger charge is -2.19. The van der Waals surface area contributed by atoms with Crippen LogP contribution in [0.25, 0.3) is 0 Å². The van der Waals surface area contributed by atoms with E-state index in [-0.39, 0.29) is 18.1 Å². The van der Waals surface area contributed by atoms with Gasteiger partial charge >= 0.3 is 6.18 Å². The van der Waals surface area contributed by atoms with Gasteiger partial charge in [0.25, 0.3) is 0 Å². The summed E-state index contributed by atoms with van der Waals surface area (Å²) in [4.78, 5) is 0. The predicted molar refractivity (Wildman–Crippen MR) is 59.8 cm³/mol. The maximum atomic E-state index is 12.0. The SMILES string of the molecule is CC(C)(O)COc1ccccc1OCC(F)(F)F. The van der Waals surface area contributed by atoms with E-state index in [4.69, 9.17) is 4.74 Å². The highest BCUT2D eigenvalue weighted by atomic mass is 19.4. The van der Waals surface area contributed by atoms with Crippen molar-refractivity contribution in [2.24, 2.45) is 0 Å². The minimum Gasteiger partial charge on any atom is -0.487 e. The fraction of sp³-hybridized carbons (Fsp3) is 0.500. The summed E-state index contributed by atoms with van der Waals surface area (Å²) >= 11 is 0. The van der Waals surface area contributed by atoms with Gasteiger partial charge in [0.2, 0.25) is 0 Å². The van der Waals surface area contributed by atoms with Crippen LogP contribution in [-0.4, -0.2) is 30.1 Å². The molecule has 102 valence electrons. The average Bonchev–Trinajstić information content (AvgIpc) is 2.22. The first-order chi connectivity index (χ1) is 8.17. The molecule has 0 heterocycles. The quantitative estimate of drug-likeness (QED) is 0.888. The number of hydrogen-bond acceptors (Lipinski definition) is 3. The fourth-order valence-electron chi connectivity index (χ4n) is 1.10. The smallest absolute Gasteiger partial charge is 0.422 e. The summed E-state index contributed by atoms with van der Waals surface area (Å²) in [5, 5.41) is 9.48. The molecule has 0 fully saturated rings. The Hall–Kier alpha value is -1.43. The molecule has 0 aliphatic rings. The summed E-state index contributed by atoms with van der Waals surface area (Å²) in [7, 11) is 0. The number of hydrogen-bond donors (Lipinski definition) is 1. The number of rotatable bonds is 5. The van der Waals surface area contributed by atoms with Crippen molar-refractivity contribution in [3.63, 3.8) is 0 Å². The first-order valence-corrected chi connectivity index (χ1v) is 5.31. The molecule has 18 heavy (non-hydrogen) atoms. The normalized spacial score (nSPS) is 12.3. The minimum absolute atomic E-state index is 0.000856. The third-order valence-electron chi connectivity index (χ3n) is 1.82. The van der Waals surface area contributed by atoms with Crippen molar-refractivity contribution in [2.45, 2.75) is 25.6 Å². The molecule has 0 saturated heterocycles. The van der Waals surface area contributed by atoms with E-state index in [1.807, 2.05) is 0 Å². The van der Waals surface area contributed by atoms with Gasteiger partial charge in [0.1, 0.15) is 6.61 Å². The minimum atomic E-state index is -4.40. The zero-order valence-electron chi connectivity index (χ0n) is 10.1. The number of ether oxygens (including phenoxy) is 2. The van der Waals surface area contributed by atoms with Gasteiger partial charge in [-0.15, -0.1) is 0 Å². The molecule has 0 bridgehead atoms. The third kappa shape index (κ3) is 5.77. The second-order valence-electron chi connectivity index (χ2n) is 4.45. The molecular formula is C12H15F3O3. The number of para-hydroxylation sites is 2. The lowest BCUT2D eigenvalue weighted by Crippen LogP contribution is -2.28. The molecule has 6 heteroatoms. The van der Waals surface area contributed by atoms with Crippen LogP contribution < -0.4 is 9.47 Å². The van der Waals surface area contributed by atoms with Crippen molar-refractivity contribution in [1.29, 1.82) is 0 Å². The van der Waals surface area contributed by atoms with Crippen LogP contribution in [0.15, 0.2) is 24.3 Å². The van der Waals surface area contributed by atoms with Gasteiger partial charge < -0.3 is 14.6 Å². The van der Waals surface area contributed by atoms with Crippen molar-refractivity contribution in [2.75, 3.05) is 13.2 Å². The Morgan fingerprint density at radius 1 is 1.00 bits per heavy atom. The van der Waals surface area contributed by atoms with E-state index >= 15 is 0 Å². The van der Waals surface area contributed by atoms with Crippen LogP contribution in [0.5, 0.6) is 11.5 Å². The molecule has 0 aliphatic carbocycles. The number of alkyl halides is 3. The number of aliphatic hydroxyl groups is 1. The Kier molecular flexibility index (Phi) is 4.45. The molecule has 0 radical (unpaired) electrons. The summed E-state index contributed by atoms with van der Waals surface area (Å²) in [5.74, 6) is 0.169. The highest BCUT2D eigenvalue weighted by Gasteiger charge is 2.29. The van der Waals surface area contributed by atoms with Crippen LogP contribution in [0, 0.1) is 0 Å². The zero-order valence-corrected chi connectivity index (χ0v) is 10.1. The number of halogens is 3. The Balaban J connectivity index is 2.68. The van der Waals surface area contributed by atoms with E-state index in [1.165, 1.54) is 26.0 Å². The van der Waals surface area contributed by atoms with Crippen LogP contribution >= 0.6 is 0 Å². The lowest BCUT2D eigenvalue weighted by molar-refractivity contribution is -0.153. The van der Waals surface area contributed by atoms with Gasteiger partial charge in [-0.2, -0.15) is 13.2 Å². The fourth-order valence-corrected chi connectivity index (χ4v) is 1.10. The molecule has 0 spiro atoms. The molecule has 0 saturated carbocycles. The van der Waals surface area contributed by atoms with Crippen molar-refractivity contribution in [1.82, 2.24) is 0 Å². The maximum Gasteiger partial charge on any atom is 0.422 e. The Bertz CT molecular complexity index is 346. The number of benzene rings is 1. The van der Waals surface area contributed by atoms with Gasteiger partial charge in [0.15, 0.2) is 18.1 Å². The predicted octanol–water partition coefficient (Wildman–Crippen LogP) is 2.78. The summed E-state index contributed by atoms with van der Waals surface area (Å²) < 4.78 is 46.0. The first kappa shape index (κ1) is 14.6. The van der Waals surface area contributed by atoms with E-state index in [2.05, 4.69) is 4.74 Å². The second-order valence-corrected chi connectivity index (χ2v) is 4.45. The molecule has 0 amide bonds. The van der Waals surface area contributed by atoms with Gasteiger partial charge in [0.05, 0.1) is 5.60 Å². The van der Waals surface area contributed by atoms with Crippen LogP contribution in [0.1, 0.15) is 13.8 Å². The summed E-state index contributed by atoms with van der Waals surface area (Å²) in [6, 6.07) is 6.02. The van der Waals surface area contributed by atoms with E-state index < -0.39 is 18.4 Å². The van der Waals surface area contributed by atoms with Crippen LogP contribution in [0.2, 0.25) is 0 Å². The third-order valence-corrected chi connectivity index (χ3v) is 1.82. The van der Waals surface area contributed by atoms with Crippen LogP contribution in [0.4, 0.5) is 13.2 Å². The Morgan fingerprint density at radius 2 is 1.44 bits per heavy atom. The Morgan fingerprint density at radius 3 is 1.83 bits per heavy atom. The van der Waals surface area contributed by atoms with Crippen LogP contribution in [0.3, 0.4) is 0 Å². The highest BCUT2D eigenvalue weighted by molar-refractivity contribution is 5.39. The second kappa shape index (κ2) is 5.48. The van der Waals surface area contributed by atoms with E-state index in [0.29, 0.717) is 0 Å². The molecule has 0 aromatic heterocycles. The summed E-state index contributed by atoms with van der Waals surface area (Å²) in [6.45, 7) is 1.65. The molecule has 1 aromatic carbocycles. The van der Waals surface area contributed by atoms with Gasteiger partial charge in [-0.05, 0) is 26.0 Å². The van der Waals surface area contributed by atoms with Gasteiger partial charge in [-0.25, -0.2) is 0 Å². The molecule has 3 nitrogen and oxygen atoms in total. The van der Waals surface area contributed by atoms with Gasteiger partial charge in [-0.1, -0.05) is 12.1 Å². The standard InChI is InChI=1S/C12H15F3O3/c1-11(2,16)7-17-9-5-3-4-6-10(9)18-8-12(13,14)15/h3-6,16H,7-8H2,1-2H3. The average molecular weight is 264 g/mol. The molecule has 0 aliphatic heterocycles. The van der Waals surface area contributed by atoms with Gasteiger partial charge in [-0.3, -0.25) is 0 Å². The maximum absolute atomic E-state index is 12.0. The van der Waals surface area contributed by atoms with E-state index in [1.54, 1.807) is 12.1 Å². The molecule has 1 aromatic rings. The molecule has 0 atom stereocenters. The van der Waals surface area contributed by atoms with Crippen molar-refractivity contribution in [3.05, 3.63) is 24.3 Å². The highest BCUT2D eigenvalue weighted by Crippen LogP contribution is 2.28. The largest absolute Gasteiger partial charge is 0.487 e. The molecule has 0 unspecified atom stereocenters. The summed E-state index contributed by atoms with van der Waals surface area (Å²) in [6.07, 6.45) is -4.40. The van der Waals surface area contributed by atoms with Crippen molar-refractivity contribution in [3.8, 4) is 11.5 Å². The monoisotopic (exact) mass is 264 g/mol. The van der Waals surface area contributed by atoms with Crippen LogP contribution in [-0.2, 0) is 0 Å². The first-order valence-electron chi connectivity index (χ1n) is 5.31.